The van der Waals surface area contributed by atoms with Gasteiger partial charge in [-0.05, 0) is 77.4 Å². The van der Waals surface area contributed by atoms with E-state index < -0.39 is 0 Å². The van der Waals surface area contributed by atoms with Gasteiger partial charge in [-0.1, -0.05) is 6.42 Å². The van der Waals surface area contributed by atoms with Gasteiger partial charge in [-0.3, -0.25) is 4.79 Å². The molecule has 1 amide bonds. The second-order valence-corrected chi connectivity index (χ2v) is 8.96. The molecule has 4 heterocycles. The average Bonchev–Trinajstić information content (AvgIpc) is 2.71. The van der Waals surface area contributed by atoms with Crippen LogP contribution in [-0.2, 0) is 4.79 Å². The average molecular weight is 386 g/mol. The molecule has 0 bridgehead atoms. The summed E-state index contributed by atoms with van der Waals surface area (Å²) in [5.74, 6) is 1.85. The molecule has 1 N–H and O–H groups in total. The quantitative estimate of drug-likeness (QED) is 0.863. The van der Waals surface area contributed by atoms with Crippen LogP contribution in [0.3, 0.4) is 0 Å². The number of hydrogen-bond donors (Lipinski definition) is 1. The molecule has 0 aromatic carbocycles. The monoisotopic (exact) mass is 385 g/mol. The molecule has 1 aromatic heterocycles. The van der Waals surface area contributed by atoms with Crippen LogP contribution in [0.4, 0.5) is 5.95 Å². The molecule has 0 unspecified atom stereocenters. The number of carbonyl (C=O) groups excluding carboxylic acids is 1. The van der Waals surface area contributed by atoms with E-state index in [0.29, 0.717) is 12.0 Å². The number of nitrogens with one attached hydrogen (secondary N) is 1. The number of aromatic nitrogens is 2. The van der Waals surface area contributed by atoms with E-state index in [0.717, 1.165) is 49.8 Å². The molecular weight excluding hydrogens is 350 g/mol. The Balaban J connectivity index is 1.26. The molecular formula is C22H35N5O. The highest BCUT2D eigenvalue weighted by Crippen LogP contribution is 2.30. The molecule has 3 aliphatic rings. The minimum absolute atomic E-state index is 0.133. The van der Waals surface area contributed by atoms with Crippen molar-refractivity contribution in [1.29, 1.82) is 0 Å². The predicted molar refractivity (Wildman–Crippen MR) is 111 cm³/mol. The van der Waals surface area contributed by atoms with E-state index in [2.05, 4.69) is 25.1 Å². The highest BCUT2D eigenvalue weighted by molar-refractivity contribution is 5.78. The molecule has 0 radical (unpaired) electrons. The molecule has 1 aromatic rings. The number of anilines is 1. The van der Waals surface area contributed by atoms with E-state index in [1.807, 2.05) is 19.9 Å². The minimum atomic E-state index is 0.133. The third-order valence-electron chi connectivity index (χ3n) is 6.89. The zero-order valence-electron chi connectivity index (χ0n) is 17.5. The Bertz CT molecular complexity index is 663. The maximum atomic E-state index is 12.8. The Labute approximate surface area is 169 Å². The van der Waals surface area contributed by atoms with Crippen molar-refractivity contribution < 1.29 is 4.79 Å². The zero-order chi connectivity index (χ0) is 19.5. The summed E-state index contributed by atoms with van der Waals surface area (Å²) in [6, 6.07) is 2.70. The van der Waals surface area contributed by atoms with E-state index in [4.69, 9.17) is 0 Å². The van der Waals surface area contributed by atoms with Crippen LogP contribution in [0.25, 0.3) is 0 Å². The van der Waals surface area contributed by atoms with Crippen LogP contribution < -0.4 is 10.2 Å². The van der Waals surface area contributed by atoms with Gasteiger partial charge in [0, 0.05) is 43.0 Å². The molecule has 0 spiro atoms. The van der Waals surface area contributed by atoms with E-state index in [1.165, 1.54) is 45.2 Å². The highest BCUT2D eigenvalue weighted by Gasteiger charge is 2.34. The number of carbonyl (C=O) groups is 1. The lowest BCUT2D eigenvalue weighted by molar-refractivity contribution is -0.126. The first-order valence-electron chi connectivity index (χ1n) is 11.2. The van der Waals surface area contributed by atoms with Crippen LogP contribution in [-0.4, -0.2) is 59.5 Å². The molecule has 154 valence electrons. The van der Waals surface area contributed by atoms with E-state index >= 15 is 0 Å². The van der Waals surface area contributed by atoms with Crippen molar-refractivity contribution in [3.05, 3.63) is 17.5 Å². The van der Waals surface area contributed by atoms with Crippen molar-refractivity contribution in [2.24, 2.45) is 11.8 Å². The number of rotatable bonds is 4. The van der Waals surface area contributed by atoms with E-state index in [9.17, 15) is 4.79 Å². The Kier molecular flexibility index (Phi) is 6.14. The molecule has 3 fully saturated rings. The van der Waals surface area contributed by atoms with Gasteiger partial charge in [0.1, 0.15) is 0 Å². The molecule has 6 nitrogen and oxygen atoms in total. The fraction of sp³-hybridized carbons (Fsp3) is 0.773. The van der Waals surface area contributed by atoms with E-state index in [-0.39, 0.29) is 11.8 Å². The molecule has 4 rings (SSSR count). The summed E-state index contributed by atoms with van der Waals surface area (Å²) in [5.41, 5.74) is 2.01. The van der Waals surface area contributed by atoms with Crippen LogP contribution in [0.15, 0.2) is 6.07 Å². The van der Waals surface area contributed by atoms with Crippen molar-refractivity contribution in [3.63, 3.8) is 0 Å². The largest absolute Gasteiger partial charge is 0.356 e. The summed E-state index contributed by atoms with van der Waals surface area (Å²) in [7, 11) is 0. The van der Waals surface area contributed by atoms with Gasteiger partial charge >= 0.3 is 0 Å². The Morgan fingerprint density at radius 2 is 1.71 bits per heavy atom. The van der Waals surface area contributed by atoms with Gasteiger partial charge in [-0.2, -0.15) is 0 Å². The van der Waals surface area contributed by atoms with Gasteiger partial charge in [-0.15, -0.1) is 0 Å². The van der Waals surface area contributed by atoms with Gasteiger partial charge in [-0.25, -0.2) is 9.97 Å². The fourth-order valence-electron chi connectivity index (χ4n) is 5.38. The lowest BCUT2D eigenvalue weighted by atomic mass is 9.83. The summed E-state index contributed by atoms with van der Waals surface area (Å²) < 4.78 is 0. The smallest absolute Gasteiger partial charge is 0.225 e. The van der Waals surface area contributed by atoms with Crippen LogP contribution >= 0.6 is 0 Å². The minimum Gasteiger partial charge on any atom is -0.356 e. The van der Waals surface area contributed by atoms with Crippen LogP contribution in [0.5, 0.6) is 0 Å². The molecule has 3 saturated heterocycles. The Morgan fingerprint density at radius 3 is 2.46 bits per heavy atom. The summed E-state index contributed by atoms with van der Waals surface area (Å²) in [6.45, 7) is 9.12. The lowest BCUT2D eigenvalue weighted by Gasteiger charge is -2.44. The normalized spacial score (nSPS) is 26.7. The predicted octanol–water partition coefficient (Wildman–Crippen LogP) is 2.69. The van der Waals surface area contributed by atoms with Gasteiger partial charge < -0.3 is 15.1 Å². The highest BCUT2D eigenvalue weighted by atomic mass is 16.1. The first-order chi connectivity index (χ1) is 13.6. The maximum Gasteiger partial charge on any atom is 0.225 e. The van der Waals surface area contributed by atoms with Gasteiger partial charge in [0.25, 0.3) is 0 Å². The molecule has 0 saturated carbocycles. The summed E-state index contributed by atoms with van der Waals surface area (Å²) >= 11 is 0. The third kappa shape index (κ3) is 4.48. The van der Waals surface area contributed by atoms with Crippen molar-refractivity contribution in [1.82, 2.24) is 20.2 Å². The third-order valence-corrected chi connectivity index (χ3v) is 6.89. The van der Waals surface area contributed by atoms with Crippen LogP contribution in [0.1, 0.15) is 56.3 Å². The molecule has 6 heteroatoms. The van der Waals surface area contributed by atoms with Gasteiger partial charge in [0.2, 0.25) is 11.9 Å². The number of hydrogen-bond acceptors (Lipinski definition) is 5. The number of piperidine rings is 3. The molecule has 28 heavy (non-hydrogen) atoms. The lowest BCUT2D eigenvalue weighted by Crippen LogP contribution is -2.51. The number of amides is 1. The standard InChI is InChI=1S/C22H35N5O/c1-16-14-17(2)25-22(24-16)27-12-8-18(9-13-27)21(28)23-15-19-6-5-11-26-10-4-3-7-20(19)26/h14,18-20H,3-13,15H2,1-2H3,(H,23,28)/t19-,20+/m1/s1. The van der Waals surface area contributed by atoms with Crippen molar-refractivity contribution >= 4 is 11.9 Å². The van der Waals surface area contributed by atoms with Crippen molar-refractivity contribution in [2.75, 3.05) is 37.6 Å². The molecule has 0 aliphatic carbocycles. The number of nitrogens with zero attached hydrogens (tertiary/aromatic N) is 4. The summed E-state index contributed by atoms with van der Waals surface area (Å²) in [4.78, 5) is 26.8. The van der Waals surface area contributed by atoms with Crippen molar-refractivity contribution in [2.45, 2.75) is 64.8 Å². The SMILES string of the molecule is Cc1cc(C)nc(N2CCC(C(=O)NC[C@H]3CCCN4CCCC[C@@H]34)CC2)n1. The van der Waals surface area contributed by atoms with Gasteiger partial charge in [0.05, 0.1) is 0 Å². The van der Waals surface area contributed by atoms with Crippen LogP contribution in [0, 0.1) is 25.7 Å². The number of aryl methyl sites for hydroxylation is 2. The topological polar surface area (TPSA) is 61.4 Å². The van der Waals surface area contributed by atoms with E-state index in [1.54, 1.807) is 0 Å². The molecule has 3 aliphatic heterocycles. The Hall–Kier alpha value is -1.69. The summed E-state index contributed by atoms with van der Waals surface area (Å²) in [6.07, 6.45) is 8.35. The number of fused-ring (bicyclic) bond motifs is 1. The van der Waals surface area contributed by atoms with Crippen LogP contribution in [0.2, 0.25) is 0 Å². The first-order valence-corrected chi connectivity index (χ1v) is 11.2. The maximum absolute atomic E-state index is 12.8. The summed E-state index contributed by atoms with van der Waals surface area (Å²) in [5, 5.41) is 3.31. The second kappa shape index (κ2) is 8.76. The first kappa shape index (κ1) is 19.6. The molecule has 2 atom stereocenters. The Morgan fingerprint density at radius 1 is 1.00 bits per heavy atom. The second-order valence-electron chi connectivity index (χ2n) is 8.96. The zero-order valence-corrected chi connectivity index (χ0v) is 17.5. The van der Waals surface area contributed by atoms with Crippen molar-refractivity contribution in [3.8, 4) is 0 Å². The van der Waals surface area contributed by atoms with Gasteiger partial charge in [0.15, 0.2) is 0 Å². The fourth-order valence-corrected chi connectivity index (χ4v) is 5.38.